The summed E-state index contributed by atoms with van der Waals surface area (Å²) in [6.07, 6.45) is 2.83. The second kappa shape index (κ2) is 8.15. The Balaban J connectivity index is 2.81. The Kier molecular flexibility index (Phi) is 6.75. The van der Waals surface area contributed by atoms with Crippen molar-refractivity contribution in [3.05, 3.63) is 41.4 Å². The first-order valence-corrected chi connectivity index (χ1v) is 6.47. The average molecular weight is 254 g/mol. The number of rotatable bonds is 7. The lowest BCUT2D eigenvalue weighted by molar-refractivity contribution is 0.352. The molecule has 0 fully saturated rings. The van der Waals surface area contributed by atoms with Crippen molar-refractivity contribution in [1.82, 2.24) is 5.32 Å². The number of nitrogens with one attached hydrogen (secondary N) is 1. The fourth-order valence-corrected chi connectivity index (χ4v) is 1.87. The first kappa shape index (κ1) is 14.1. The van der Waals surface area contributed by atoms with Gasteiger partial charge in [0.25, 0.3) is 0 Å². The zero-order chi connectivity index (χ0) is 12.5. The van der Waals surface area contributed by atoms with Crippen molar-refractivity contribution in [2.45, 2.75) is 26.3 Å². The molecule has 1 aromatic rings. The molecule has 1 rings (SSSR count). The van der Waals surface area contributed by atoms with E-state index in [1.165, 1.54) is 11.1 Å². The van der Waals surface area contributed by atoms with E-state index in [-0.39, 0.29) is 0 Å². The molecule has 0 radical (unpaired) electrons. The van der Waals surface area contributed by atoms with Gasteiger partial charge in [-0.15, -0.1) is 0 Å². The zero-order valence-electron chi connectivity index (χ0n) is 10.4. The highest BCUT2D eigenvalue weighted by atomic mass is 35.5. The molecule has 1 atom stereocenters. The Morgan fingerprint density at radius 2 is 2.12 bits per heavy atom. The summed E-state index contributed by atoms with van der Waals surface area (Å²) in [4.78, 5) is 0. The van der Waals surface area contributed by atoms with Crippen molar-refractivity contribution in [3.63, 3.8) is 0 Å². The van der Waals surface area contributed by atoms with Gasteiger partial charge in [0.2, 0.25) is 0 Å². The summed E-state index contributed by atoms with van der Waals surface area (Å²) in [7, 11) is 0. The van der Waals surface area contributed by atoms with Crippen LogP contribution in [0.15, 0.2) is 35.9 Å². The summed E-state index contributed by atoms with van der Waals surface area (Å²) >= 11 is 5.47. The van der Waals surface area contributed by atoms with Crippen LogP contribution in [-0.4, -0.2) is 13.2 Å². The lowest BCUT2D eigenvalue weighted by atomic mass is 10.0. The molecule has 0 aromatic heterocycles. The van der Waals surface area contributed by atoms with Gasteiger partial charge in [-0.25, -0.2) is 0 Å². The number of hydrogen-bond acceptors (Lipinski definition) is 2. The van der Waals surface area contributed by atoms with Gasteiger partial charge < -0.3 is 10.1 Å². The fraction of sp³-hybridized carbons (Fsp3) is 0.429. The topological polar surface area (TPSA) is 21.3 Å². The lowest BCUT2D eigenvalue weighted by Gasteiger charge is -2.19. The number of hydrogen-bond donors (Lipinski definition) is 1. The van der Waals surface area contributed by atoms with E-state index >= 15 is 0 Å². The van der Waals surface area contributed by atoms with Crippen LogP contribution < -0.4 is 10.1 Å². The molecule has 0 bridgehead atoms. The third-order valence-electron chi connectivity index (χ3n) is 2.58. The Morgan fingerprint density at radius 3 is 2.76 bits per heavy atom. The smallest absolute Gasteiger partial charge is 0.124 e. The van der Waals surface area contributed by atoms with Gasteiger partial charge in [0, 0.05) is 17.1 Å². The molecule has 1 N–H and O–H groups in total. The number of benzene rings is 1. The molecule has 2 nitrogen and oxygen atoms in total. The molecule has 94 valence electrons. The predicted molar refractivity (Wildman–Crippen MR) is 73.6 cm³/mol. The number of halogens is 1. The fourth-order valence-electron chi connectivity index (χ4n) is 1.79. The monoisotopic (exact) mass is 253 g/mol. The van der Waals surface area contributed by atoms with E-state index in [1.807, 2.05) is 18.2 Å². The highest BCUT2D eigenvalue weighted by Gasteiger charge is 2.12. The first-order chi connectivity index (χ1) is 8.33. The van der Waals surface area contributed by atoms with E-state index in [2.05, 4.69) is 25.2 Å². The van der Waals surface area contributed by atoms with Gasteiger partial charge in [-0.3, -0.25) is 0 Å². The minimum atomic E-state index is 0.344. The van der Waals surface area contributed by atoms with Crippen LogP contribution in [0, 0.1) is 0 Å². The van der Waals surface area contributed by atoms with Crippen molar-refractivity contribution >= 4 is 11.6 Å². The second-order valence-corrected chi connectivity index (χ2v) is 3.98. The van der Waals surface area contributed by atoms with Crippen LogP contribution in [0.5, 0.6) is 5.75 Å². The third kappa shape index (κ3) is 4.41. The molecule has 17 heavy (non-hydrogen) atoms. The Morgan fingerprint density at radius 1 is 1.35 bits per heavy atom. The molecule has 0 amide bonds. The van der Waals surface area contributed by atoms with Gasteiger partial charge in [-0.2, -0.15) is 0 Å². The van der Waals surface area contributed by atoms with Gasteiger partial charge in [0.1, 0.15) is 12.4 Å². The van der Waals surface area contributed by atoms with E-state index < -0.39 is 0 Å². The van der Waals surface area contributed by atoms with E-state index in [0.29, 0.717) is 12.6 Å². The minimum absolute atomic E-state index is 0.344. The molecule has 0 aliphatic carbocycles. The maximum atomic E-state index is 5.70. The summed E-state index contributed by atoms with van der Waals surface area (Å²) < 4.78 is 5.70. The summed E-state index contributed by atoms with van der Waals surface area (Å²) in [6.45, 7) is 5.74. The van der Waals surface area contributed by atoms with Crippen molar-refractivity contribution in [3.8, 4) is 5.75 Å². The van der Waals surface area contributed by atoms with Gasteiger partial charge in [-0.05, 0) is 25.1 Å². The summed E-state index contributed by atoms with van der Waals surface area (Å²) in [5.74, 6) is 0.926. The molecule has 1 aromatic carbocycles. The van der Waals surface area contributed by atoms with Crippen LogP contribution in [-0.2, 0) is 0 Å². The maximum absolute atomic E-state index is 5.70. The van der Waals surface area contributed by atoms with Crippen molar-refractivity contribution in [2.75, 3.05) is 13.2 Å². The van der Waals surface area contributed by atoms with E-state index in [1.54, 1.807) is 6.08 Å². The van der Waals surface area contributed by atoms with Crippen LogP contribution in [0.2, 0.25) is 0 Å². The van der Waals surface area contributed by atoms with E-state index in [4.69, 9.17) is 16.3 Å². The molecule has 0 aliphatic heterocycles. The highest BCUT2D eigenvalue weighted by molar-refractivity contribution is 6.25. The minimum Gasteiger partial charge on any atom is -0.489 e. The zero-order valence-corrected chi connectivity index (χ0v) is 11.2. The third-order valence-corrected chi connectivity index (χ3v) is 2.76. The average Bonchev–Trinajstić information content (AvgIpc) is 2.37. The Bertz CT molecular complexity index is 352. The van der Waals surface area contributed by atoms with Crippen LogP contribution >= 0.6 is 11.6 Å². The van der Waals surface area contributed by atoms with E-state index in [0.717, 1.165) is 18.7 Å². The van der Waals surface area contributed by atoms with E-state index in [9.17, 15) is 0 Å². The lowest BCUT2D eigenvalue weighted by Crippen LogP contribution is -2.20. The van der Waals surface area contributed by atoms with Crippen LogP contribution in [0.1, 0.15) is 31.9 Å². The van der Waals surface area contributed by atoms with Crippen LogP contribution in [0.4, 0.5) is 0 Å². The van der Waals surface area contributed by atoms with Gasteiger partial charge in [-0.1, -0.05) is 43.6 Å². The summed E-state index contributed by atoms with van der Waals surface area (Å²) in [5, 5.41) is 3.46. The molecule has 1 unspecified atom stereocenters. The number of ether oxygens (including phenoxy) is 1. The first-order valence-electron chi connectivity index (χ1n) is 6.03. The largest absolute Gasteiger partial charge is 0.489 e. The number of para-hydroxylation sites is 1. The van der Waals surface area contributed by atoms with Crippen molar-refractivity contribution in [1.29, 1.82) is 0 Å². The highest BCUT2D eigenvalue weighted by Crippen LogP contribution is 2.26. The SMILES string of the molecule is CCNC(CC)c1ccccc1OC/C=C/Cl. The Labute approximate surface area is 109 Å². The molecule has 0 saturated carbocycles. The van der Waals surface area contributed by atoms with Crippen LogP contribution in [0.3, 0.4) is 0 Å². The molecule has 0 heterocycles. The maximum Gasteiger partial charge on any atom is 0.124 e. The predicted octanol–water partition coefficient (Wildman–Crippen LogP) is 3.88. The summed E-state index contributed by atoms with van der Waals surface area (Å²) in [6, 6.07) is 8.48. The quantitative estimate of drug-likeness (QED) is 0.796. The van der Waals surface area contributed by atoms with Crippen molar-refractivity contribution < 1.29 is 4.74 Å². The summed E-state index contributed by atoms with van der Waals surface area (Å²) in [5.41, 5.74) is 2.68. The van der Waals surface area contributed by atoms with Gasteiger partial charge in [0.15, 0.2) is 0 Å². The Hall–Kier alpha value is -0.990. The van der Waals surface area contributed by atoms with Crippen LogP contribution in [0.25, 0.3) is 0 Å². The molecular formula is C14H20ClNO. The molecule has 0 spiro atoms. The van der Waals surface area contributed by atoms with Crippen molar-refractivity contribution in [2.24, 2.45) is 0 Å². The molecule has 0 saturated heterocycles. The second-order valence-electron chi connectivity index (χ2n) is 3.73. The molecule has 3 heteroatoms. The normalized spacial score (nSPS) is 12.9. The van der Waals surface area contributed by atoms with Gasteiger partial charge in [0.05, 0.1) is 0 Å². The standard InChI is InChI=1S/C14H20ClNO/c1-3-13(16-4-2)12-8-5-6-9-14(12)17-11-7-10-15/h5-10,13,16H,3-4,11H2,1-2H3/b10-7+. The molecular weight excluding hydrogens is 234 g/mol. The molecule has 0 aliphatic rings. The van der Waals surface area contributed by atoms with Gasteiger partial charge >= 0.3 is 0 Å².